The van der Waals surface area contributed by atoms with Crippen molar-refractivity contribution in [1.82, 2.24) is 30.0 Å². The molecule has 0 bridgehead atoms. The lowest BCUT2D eigenvalue weighted by molar-refractivity contribution is -0.123. The van der Waals surface area contributed by atoms with Gasteiger partial charge in [-0.05, 0) is 42.7 Å². The summed E-state index contributed by atoms with van der Waals surface area (Å²) in [6.45, 7) is -0.102. The van der Waals surface area contributed by atoms with Gasteiger partial charge in [0.1, 0.15) is 24.2 Å². The Hall–Kier alpha value is -3.33. The van der Waals surface area contributed by atoms with Crippen molar-refractivity contribution in [1.29, 1.82) is 0 Å². The fourth-order valence-electron chi connectivity index (χ4n) is 3.15. The first-order chi connectivity index (χ1) is 14.7. The number of H-pyrrole nitrogens is 1. The molecule has 8 nitrogen and oxygen atoms in total. The average Bonchev–Trinajstić information content (AvgIpc) is 3.45. The molecule has 154 valence electrons. The van der Waals surface area contributed by atoms with Crippen molar-refractivity contribution in [2.24, 2.45) is 0 Å². The van der Waals surface area contributed by atoms with Crippen LogP contribution in [-0.4, -0.2) is 49.3 Å². The highest BCUT2D eigenvalue weighted by atomic mass is 32.2. The number of carbonyl (C=O) groups excluding carboxylic acids is 1. The first-order valence-electron chi connectivity index (χ1n) is 9.54. The quantitative estimate of drug-likeness (QED) is 0.430. The van der Waals surface area contributed by atoms with E-state index in [1.54, 1.807) is 29.0 Å². The third kappa shape index (κ3) is 4.62. The Bertz CT molecular complexity index is 1080. The second-order valence-electron chi connectivity index (χ2n) is 6.67. The monoisotopic (exact) mass is 422 g/mol. The molecular formula is C21H22N6O2S. The van der Waals surface area contributed by atoms with E-state index in [4.69, 9.17) is 4.74 Å². The number of hydrogen-bond donors (Lipinski definition) is 2. The molecule has 0 saturated carbocycles. The van der Waals surface area contributed by atoms with E-state index in [0.717, 1.165) is 34.7 Å². The number of rotatable bonds is 9. The Labute approximate surface area is 178 Å². The minimum Gasteiger partial charge on any atom is -0.482 e. The second kappa shape index (κ2) is 9.45. The van der Waals surface area contributed by atoms with Crippen LogP contribution >= 0.6 is 11.8 Å². The zero-order valence-electron chi connectivity index (χ0n) is 16.5. The lowest BCUT2D eigenvalue weighted by Gasteiger charge is -2.17. The number of benzene rings is 2. The molecule has 1 amide bonds. The molecule has 0 aliphatic heterocycles. The third-order valence-electron chi connectivity index (χ3n) is 4.60. The summed E-state index contributed by atoms with van der Waals surface area (Å²) in [5.74, 6) is 2.03. The van der Waals surface area contributed by atoms with Crippen molar-refractivity contribution in [3.05, 3.63) is 67.0 Å². The topological polar surface area (TPSA) is 97.7 Å². The van der Waals surface area contributed by atoms with Crippen LogP contribution in [0.2, 0.25) is 0 Å². The first-order valence-corrected chi connectivity index (χ1v) is 10.9. The van der Waals surface area contributed by atoms with Crippen LogP contribution in [0.4, 0.5) is 0 Å². The summed E-state index contributed by atoms with van der Waals surface area (Å²) in [5.41, 5.74) is 2.61. The maximum atomic E-state index is 12.7. The molecule has 30 heavy (non-hydrogen) atoms. The van der Waals surface area contributed by atoms with Crippen LogP contribution < -0.4 is 10.1 Å². The van der Waals surface area contributed by atoms with Crippen molar-refractivity contribution in [2.75, 3.05) is 18.6 Å². The highest BCUT2D eigenvalue weighted by molar-refractivity contribution is 7.98. The molecule has 0 unspecified atom stereocenters. The summed E-state index contributed by atoms with van der Waals surface area (Å²) < 4.78 is 7.54. The average molecular weight is 423 g/mol. The highest BCUT2D eigenvalue weighted by Crippen LogP contribution is 2.23. The van der Waals surface area contributed by atoms with E-state index in [2.05, 4.69) is 25.5 Å². The van der Waals surface area contributed by atoms with Gasteiger partial charge < -0.3 is 15.0 Å². The highest BCUT2D eigenvalue weighted by Gasteiger charge is 2.19. The molecule has 0 saturated heterocycles. The molecule has 4 aromatic rings. The van der Waals surface area contributed by atoms with Crippen LogP contribution in [0, 0.1) is 0 Å². The number of para-hydroxylation sites is 4. The molecule has 2 N–H and O–H groups in total. The van der Waals surface area contributed by atoms with E-state index < -0.39 is 0 Å². The molecule has 0 spiro atoms. The number of thioether (sulfide) groups is 1. The molecule has 0 fully saturated rings. The maximum absolute atomic E-state index is 12.7. The summed E-state index contributed by atoms with van der Waals surface area (Å²) in [7, 11) is 0. The van der Waals surface area contributed by atoms with Crippen molar-refractivity contribution < 1.29 is 9.53 Å². The van der Waals surface area contributed by atoms with Crippen molar-refractivity contribution in [3.8, 4) is 11.4 Å². The van der Waals surface area contributed by atoms with Gasteiger partial charge in [0.25, 0.3) is 5.91 Å². The Morgan fingerprint density at radius 3 is 2.73 bits per heavy atom. The predicted molar refractivity (Wildman–Crippen MR) is 117 cm³/mol. The minimum absolute atomic E-state index is 0.102. The SMILES string of the molecule is CSCC[C@H](NC(=O)COc1ccccc1-n1cnnc1)c1nc2ccccc2[nH]1. The number of aromatic nitrogens is 5. The summed E-state index contributed by atoms with van der Waals surface area (Å²) >= 11 is 1.73. The number of nitrogens with zero attached hydrogens (tertiary/aromatic N) is 4. The number of ether oxygens (including phenoxy) is 1. The van der Waals surface area contributed by atoms with Crippen molar-refractivity contribution in [2.45, 2.75) is 12.5 Å². The standard InChI is InChI=1S/C21H22N6O2S/c1-30-11-10-17(21-25-15-6-2-3-7-16(15)26-21)24-20(28)12-29-19-9-5-4-8-18(19)27-13-22-23-14-27/h2-9,13-14,17H,10-12H2,1H3,(H,24,28)(H,25,26)/t17-/m0/s1. The van der Waals surface area contributed by atoms with Crippen LogP contribution in [0.3, 0.4) is 0 Å². The van der Waals surface area contributed by atoms with Crippen LogP contribution in [0.1, 0.15) is 18.3 Å². The number of nitrogens with one attached hydrogen (secondary N) is 2. The normalized spacial score (nSPS) is 12.0. The molecule has 4 rings (SSSR count). The first kappa shape index (κ1) is 20.0. The summed E-state index contributed by atoms with van der Waals surface area (Å²) in [4.78, 5) is 20.6. The number of carbonyl (C=O) groups is 1. The van der Waals surface area contributed by atoms with E-state index in [-0.39, 0.29) is 18.6 Å². The Morgan fingerprint density at radius 1 is 1.17 bits per heavy atom. The Morgan fingerprint density at radius 2 is 1.93 bits per heavy atom. The van der Waals surface area contributed by atoms with Crippen LogP contribution in [0.25, 0.3) is 16.7 Å². The molecule has 0 aliphatic carbocycles. The van der Waals surface area contributed by atoms with Crippen LogP contribution in [0.5, 0.6) is 5.75 Å². The van der Waals surface area contributed by atoms with Gasteiger partial charge in [-0.2, -0.15) is 11.8 Å². The van der Waals surface area contributed by atoms with Crippen molar-refractivity contribution in [3.63, 3.8) is 0 Å². The van der Waals surface area contributed by atoms with E-state index in [0.29, 0.717) is 5.75 Å². The number of imidazole rings is 1. The molecule has 1 atom stereocenters. The molecular weight excluding hydrogens is 400 g/mol. The molecule has 2 aromatic heterocycles. The smallest absolute Gasteiger partial charge is 0.258 e. The fourth-order valence-corrected chi connectivity index (χ4v) is 3.62. The van der Waals surface area contributed by atoms with Gasteiger partial charge >= 0.3 is 0 Å². The summed E-state index contributed by atoms with van der Waals surface area (Å²) in [6.07, 6.45) is 5.98. The summed E-state index contributed by atoms with van der Waals surface area (Å²) in [6, 6.07) is 15.1. The van der Waals surface area contributed by atoms with Crippen molar-refractivity contribution >= 4 is 28.7 Å². The second-order valence-corrected chi connectivity index (χ2v) is 7.65. The van der Waals surface area contributed by atoms with E-state index in [9.17, 15) is 4.79 Å². The number of hydrogen-bond acceptors (Lipinski definition) is 6. The van der Waals surface area contributed by atoms with Crippen LogP contribution in [-0.2, 0) is 4.79 Å². The molecule has 9 heteroatoms. The molecule has 0 aliphatic rings. The third-order valence-corrected chi connectivity index (χ3v) is 5.25. The van der Waals surface area contributed by atoms with Gasteiger partial charge in [-0.25, -0.2) is 4.98 Å². The minimum atomic E-state index is -0.214. The zero-order valence-corrected chi connectivity index (χ0v) is 17.3. The van der Waals surface area contributed by atoms with E-state index >= 15 is 0 Å². The van der Waals surface area contributed by atoms with Gasteiger partial charge in [-0.3, -0.25) is 9.36 Å². The summed E-state index contributed by atoms with van der Waals surface area (Å²) in [5, 5.41) is 10.7. The Balaban J connectivity index is 1.45. The lowest BCUT2D eigenvalue weighted by Crippen LogP contribution is -2.33. The van der Waals surface area contributed by atoms with Gasteiger partial charge in [0, 0.05) is 0 Å². The maximum Gasteiger partial charge on any atom is 0.258 e. The van der Waals surface area contributed by atoms with E-state index in [1.165, 1.54) is 0 Å². The van der Waals surface area contributed by atoms with Gasteiger partial charge in [0.2, 0.25) is 0 Å². The molecule has 2 aromatic carbocycles. The molecule has 0 radical (unpaired) electrons. The largest absolute Gasteiger partial charge is 0.482 e. The van der Waals surface area contributed by atoms with Gasteiger partial charge in [-0.1, -0.05) is 24.3 Å². The molecule has 2 heterocycles. The Kier molecular flexibility index (Phi) is 6.29. The number of fused-ring (bicyclic) bond motifs is 1. The van der Waals surface area contributed by atoms with Gasteiger partial charge in [-0.15, -0.1) is 10.2 Å². The zero-order chi connectivity index (χ0) is 20.8. The lowest BCUT2D eigenvalue weighted by atomic mass is 10.2. The van der Waals surface area contributed by atoms with Gasteiger partial charge in [0.15, 0.2) is 6.61 Å². The fraction of sp³-hybridized carbons (Fsp3) is 0.238. The van der Waals surface area contributed by atoms with Crippen LogP contribution in [0.15, 0.2) is 61.2 Å². The van der Waals surface area contributed by atoms with E-state index in [1.807, 2.05) is 54.8 Å². The predicted octanol–water partition coefficient (Wildman–Crippen LogP) is 3.13. The number of amides is 1. The van der Waals surface area contributed by atoms with Gasteiger partial charge in [0.05, 0.1) is 22.8 Å². The number of aromatic amines is 1.